The van der Waals surface area contributed by atoms with E-state index in [9.17, 15) is 9.90 Å². The summed E-state index contributed by atoms with van der Waals surface area (Å²) in [6.07, 6.45) is 6.93. The van der Waals surface area contributed by atoms with Gasteiger partial charge < -0.3 is 5.11 Å². The molecule has 1 aromatic carbocycles. The van der Waals surface area contributed by atoms with Crippen LogP contribution < -0.4 is 0 Å². The molecule has 0 heterocycles. The lowest BCUT2D eigenvalue weighted by Crippen LogP contribution is -2.12. The van der Waals surface area contributed by atoms with Gasteiger partial charge in [0.1, 0.15) is 0 Å². The van der Waals surface area contributed by atoms with Crippen LogP contribution in [0.5, 0.6) is 0 Å². The number of benzene rings is 1. The largest absolute Gasteiger partial charge is 0.481 e. The number of allylic oxidation sites excluding steroid dienone is 2. The maximum atomic E-state index is 11.3. The Morgan fingerprint density at radius 2 is 2.18 bits per heavy atom. The molecule has 0 bridgehead atoms. The molecular formula is C15H18O2. The Bertz CT molecular complexity index is 419. The van der Waals surface area contributed by atoms with Gasteiger partial charge in [0.2, 0.25) is 0 Å². The Balaban J connectivity index is 3.13. The highest BCUT2D eigenvalue weighted by Crippen LogP contribution is 2.25. The molecule has 0 aromatic heterocycles. The van der Waals surface area contributed by atoms with Gasteiger partial charge in [-0.05, 0) is 17.5 Å². The van der Waals surface area contributed by atoms with Crippen molar-refractivity contribution in [3.8, 4) is 0 Å². The normalized spacial score (nSPS) is 12.5. The fraction of sp³-hybridized carbons (Fsp3) is 0.267. The van der Waals surface area contributed by atoms with Crippen LogP contribution >= 0.6 is 0 Å². The first-order valence-corrected chi connectivity index (χ1v) is 5.81. The van der Waals surface area contributed by atoms with Crippen LogP contribution in [0.3, 0.4) is 0 Å². The zero-order valence-electron chi connectivity index (χ0n) is 10.1. The van der Waals surface area contributed by atoms with Gasteiger partial charge in [0.15, 0.2) is 0 Å². The van der Waals surface area contributed by atoms with Crippen molar-refractivity contribution in [1.82, 2.24) is 0 Å². The maximum absolute atomic E-state index is 11.3. The van der Waals surface area contributed by atoms with Gasteiger partial charge in [-0.1, -0.05) is 62.4 Å². The van der Waals surface area contributed by atoms with E-state index in [0.717, 1.165) is 17.5 Å². The summed E-state index contributed by atoms with van der Waals surface area (Å²) in [5.74, 6) is -1.18. The van der Waals surface area contributed by atoms with Crippen LogP contribution in [0, 0.1) is 0 Å². The van der Waals surface area contributed by atoms with Crippen molar-refractivity contribution in [2.45, 2.75) is 25.7 Å². The van der Waals surface area contributed by atoms with Gasteiger partial charge in [0.05, 0.1) is 5.92 Å². The Hall–Kier alpha value is -1.83. The molecule has 0 fully saturated rings. The zero-order valence-corrected chi connectivity index (χ0v) is 10.1. The van der Waals surface area contributed by atoms with Crippen LogP contribution in [-0.2, 0) is 4.79 Å². The molecule has 90 valence electrons. The van der Waals surface area contributed by atoms with Crippen LogP contribution in [0.1, 0.15) is 36.8 Å². The molecule has 17 heavy (non-hydrogen) atoms. The maximum Gasteiger partial charge on any atom is 0.310 e. The third-order valence-electron chi connectivity index (χ3n) is 2.66. The number of hydrogen-bond donors (Lipinski definition) is 1. The number of carbonyl (C=O) groups is 1. The second-order valence-corrected chi connectivity index (χ2v) is 3.90. The quantitative estimate of drug-likeness (QED) is 0.753. The summed E-state index contributed by atoms with van der Waals surface area (Å²) in [4.78, 5) is 11.3. The lowest BCUT2D eigenvalue weighted by Gasteiger charge is -2.14. The summed E-state index contributed by atoms with van der Waals surface area (Å²) in [5.41, 5.74) is 1.83. The minimum Gasteiger partial charge on any atom is -0.481 e. The van der Waals surface area contributed by atoms with E-state index in [0.29, 0.717) is 6.42 Å². The number of rotatable bonds is 6. The smallest absolute Gasteiger partial charge is 0.310 e. The van der Waals surface area contributed by atoms with Gasteiger partial charge in [-0.2, -0.15) is 0 Å². The number of hydrogen-bond acceptors (Lipinski definition) is 1. The van der Waals surface area contributed by atoms with Gasteiger partial charge in [0, 0.05) is 0 Å². The van der Waals surface area contributed by atoms with E-state index in [2.05, 4.69) is 6.58 Å². The third-order valence-corrected chi connectivity index (χ3v) is 2.66. The predicted molar refractivity (Wildman–Crippen MR) is 71.0 cm³/mol. The molecule has 0 aliphatic rings. The highest BCUT2D eigenvalue weighted by molar-refractivity contribution is 5.78. The summed E-state index contributed by atoms with van der Waals surface area (Å²) in [7, 11) is 0. The summed E-state index contributed by atoms with van der Waals surface area (Å²) < 4.78 is 0. The fourth-order valence-electron chi connectivity index (χ4n) is 1.85. The van der Waals surface area contributed by atoms with Crippen molar-refractivity contribution in [1.29, 1.82) is 0 Å². The Morgan fingerprint density at radius 3 is 2.76 bits per heavy atom. The first kappa shape index (κ1) is 13.2. The monoisotopic (exact) mass is 230 g/mol. The van der Waals surface area contributed by atoms with E-state index in [-0.39, 0.29) is 0 Å². The molecule has 1 atom stereocenters. The summed E-state index contributed by atoms with van der Waals surface area (Å²) in [5, 5.41) is 9.26. The second-order valence-electron chi connectivity index (χ2n) is 3.90. The summed E-state index contributed by atoms with van der Waals surface area (Å²) in [6.45, 7) is 5.62. The average Bonchev–Trinajstić information content (AvgIpc) is 2.33. The first-order chi connectivity index (χ1) is 8.20. The van der Waals surface area contributed by atoms with Crippen LogP contribution in [0.15, 0.2) is 43.0 Å². The highest BCUT2D eigenvalue weighted by Gasteiger charge is 2.20. The van der Waals surface area contributed by atoms with Gasteiger partial charge in [0.25, 0.3) is 0 Å². The van der Waals surface area contributed by atoms with Crippen molar-refractivity contribution < 1.29 is 9.90 Å². The van der Waals surface area contributed by atoms with Crippen molar-refractivity contribution in [3.63, 3.8) is 0 Å². The molecular weight excluding hydrogens is 212 g/mol. The molecule has 2 heteroatoms. The molecule has 0 spiro atoms. The van der Waals surface area contributed by atoms with E-state index >= 15 is 0 Å². The van der Waals surface area contributed by atoms with E-state index in [4.69, 9.17) is 0 Å². The van der Waals surface area contributed by atoms with Crippen LogP contribution in [0.2, 0.25) is 0 Å². The third kappa shape index (κ3) is 3.59. The second kappa shape index (κ2) is 6.69. The van der Waals surface area contributed by atoms with Crippen molar-refractivity contribution in [2.24, 2.45) is 0 Å². The van der Waals surface area contributed by atoms with Crippen LogP contribution in [0.25, 0.3) is 6.08 Å². The zero-order chi connectivity index (χ0) is 12.7. The number of carboxylic acids is 1. The topological polar surface area (TPSA) is 37.3 Å². The SMILES string of the molecule is C=CC=Cc1ccccc1C(CCC)C(=O)O. The molecule has 0 saturated carbocycles. The first-order valence-electron chi connectivity index (χ1n) is 5.81. The summed E-state index contributed by atoms with van der Waals surface area (Å²) >= 11 is 0. The Labute approximate surface area is 102 Å². The van der Waals surface area contributed by atoms with Gasteiger partial charge >= 0.3 is 5.97 Å². The van der Waals surface area contributed by atoms with Crippen molar-refractivity contribution in [2.75, 3.05) is 0 Å². The molecule has 0 radical (unpaired) electrons. The molecule has 0 saturated heterocycles. The lowest BCUT2D eigenvalue weighted by atomic mass is 9.90. The summed E-state index contributed by atoms with van der Waals surface area (Å²) in [6, 6.07) is 7.61. The molecule has 2 nitrogen and oxygen atoms in total. The minimum absolute atomic E-state index is 0.425. The molecule has 0 aliphatic carbocycles. The van der Waals surface area contributed by atoms with Crippen molar-refractivity contribution >= 4 is 12.0 Å². The van der Waals surface area contributed by atoms with Gasteiger partial charge in [-0.3, -0.25) is 4.79 Å². The molecule has 1 rings (SSSR count). The Kier molecular flexibility index (Phi) is 5.21. The van der Waals surface area contributed by atoms with Crippen molar-refractivity contribution in [3.05, 3.63) is 54.1 Å². The fourth-order valence-corrected chi connectivity index (χ4v) is 1.85. The minimum atomic E-state index is -0.758. The van der Waals surface area contributed by atoms with E-state index in [1.54, 1.807) is 6.08 Å². The highest BCUT2D eigenvalue weighted by atomic mass is 16.4. The average molecular weight is 230 g/mol. The van der Waals surface area contributed by atoms with Crippen LogP contribution in [0.4, 0.5) is 0 Å². The van der Waals surface area contributed by atoms with E-state index < -0.39 is 11.9 Å². The molecule has 1 aromatic rings. The van der Waals surface area contributed by atoms with Gasteiger partial charge in [-0.15, -0.1) is 0 Å². The molecule has 0 amide bonds. The molecule has 0 aliphatic heterocycles. The lowest BCUT2D eigenvalue weighted by molar-refractivity contribution is -0.139. The van der Waals surface area contributed by atoms with Gasteiger partial charge in [-0.25, -0.2) is 0 Å². The Morgan fingerprint density at radius 1 is 1.47 bits per heavy atom. The molecule has 1 N–H and O–H groups in total. The standard InChI is InChI=1S/C15H18O2/c1-3-5-9-12-10-6-7-11-13(12)14(8-4-2)15(16)17/h3,5-7,9-11,14H,1,4,8H2,2H3,(H,16,17). The van der Waals surface area contributed by atoms with E-state index in [1.165, 1.54) is 0 Å². The van der Waals surface area contributed by atoms with E-state index in [1.807, 2.05) is 43.3 Å². The van der Waals surface area contributed by atoms with Crippen LogP contribution in [-0.4, -0.2) is 11.1 Å². The molecule has 1 unspecified atom stereocenters. The number of carboxylic acid groups (broad SMARTS) is 1. The predicted octanol–water partition coefficient (Wildman–Crippen LogP) is 3.85. The number of aliphatic carboxylic acids is 1.